The smallest absolute Gasteiger partial charge is 0.342 e. The second kappa shape index (κ2) is 7.75. The third kappa shape index (κ3) is 5.00. The zero-order chi connectivity index (χ0) is 13.9. The maximum absolute atomic E-state index is 12.7. The molecule has 3 nitrogen and oxygen atoms in total. The monoisotopic (exact) mass is 332 g/mol. The van der Waals surface area contributed by atoms with Crippen LogP contribution in [0, 0.1) is 5.92 Å². The van der Waals surface area contributed by atoms with Crippen LogP contribution in [-0.2, 0) is 4.79 Å². The average molecular weight is 333 g/mol. The Kier molecular flexibility index (Phi) is 6.94. The van der Waals surface area contributed by atoms with Crippen molar-refractivity contribution in [3.8, 4) is 0 Å². The van der Waals surface area contributed by atoms with Gasteiger partial charge in [-0.2, -0.15) is 24.9 Å². The van der Waals surface area contributed by atoms with Gasteiger partial charge in [0.25, 0.3) is 0 Å². The molecule has 2 atom stereocenters. The highest BCUT2D eigenvalue weighted by molar-refractivity contribution is 7.99. The maximum Gasteiger partial charge on any atom is 0.393 e. The number of alkyl halides is 3. The standard InChI is InChI=1S/C12H19F3N2OS.ClH/c13-12(14,15)9-2-1-4-17(7-9)11(18)6-10-8-19-5-3-16-10;/h9-10,16H,1-8H2;1H. The van der Waals surface area contributed by atoms with Gasteiger partial charge in [0.1, 0.15) is 0 Å². The molecule has 118 valence electrons. The Morgan fingerprint density at radius 1 is 1.40 bits per heavy atom. The third-order valence-corrected chi connectivity index (χ3v) is 4.79. The maximum atomic E-state index is 12.7. The lowest BCUT2D eigenvalue weighted by atomic mass is 9.97. The van der Waals surface area contributed by atoms with Gasteiger partial charge in [-0.3, -0.25) is 4.79 Å². The molecule has 2 aliphatic heterocycles. The molecule has 20 heavy (non-hydrogen) atoms. The van der Waals surface area contributed by atoms with Crippen LogP contribution >= 0.6 is 24.2 Å². The lowest BCUT2D eigenvalue weighted by Crippen LogP contribution is -2.47. The van der Waals surface area contributed by atoms with Crippen LogP contribution in [0.5, 0.6) is 0 Å². The lowest BCUT2D eigenvalue weighted by Gasteiger charge is -2.35. The van der Waals surface area contributed by atoms with E-state index in [9.17, 15) is 18.0 Å². The van der Waals surface area contributed by atoms with Crippen molar-refractivity contribution in [2.75, 3.05) is 31.1 Å². The quantitative estimate of drug-likeness (QED) is 0.842. The molecule has 8 heteroatoms. The second-order valence-electron chi connectivity index (χ2n) is 5.15. The number of hydrogen-bond donors (Lipinski definition) is 1. The number of rotatable bonds is 2. The molecule has 0 aromatic rings. The molecule has 2 unspecified atom stereocenters. The SMILES string of the molecule is Cl.O=C(CC1CSCCN1)N1CCCC(C(F)(F)F)C1. The van der Waals surface area contributed by atoms with E-state index in [1.165, 1.54) is 4.90 Å². The van der Waals surface area contributed by atoms with Crippen LogP contribution in [0.1, 0.15) is 19.3 Å². The fourth-order valence-electron chi connectivity index (χ4n) is 2.56. The first-order chi connectivity index (χ1) is 8.97. The topological polar surface area (TPSA) is 32.3 Å². The summed E-state index contributed by atoms with van der Waals surface area (Å²) in [6.45, 7) is 1.17. The summed E-state index contributed by atoms with van der Waals surface area (Å²) in [5.74, 6) is 0.403. The number of nitrogens with zero attached hydrogens (tertiary/aromatic N) is 1. The van der Waals surface area contributed by atoms with Gasteiger partial charge in [0.2, 0.25) is 5.91 Å². The molecule has 0 radical (unpaired) electrons. The normalized spacial score (nSPS) is 27.9. The number of carbonyl (C=O) groups excluding carboxylic acids is 1. The summed E-state index contributed by atoms with van der Waals surface area (Å²) in [6, 6.07) is 0.109. The van der Waals surface area contributed by atoms with Gasteiger partial charge in [-0.05, 0) is 12.8 Å². The molecule has 2 fully saturated rings. The molecular formula is C12H20ClF3N2OS. The van der Waals surface area contributed by atoms with E-state index in [2.05, 4.69) is 5.32 Å². The van der Waals surface area contributed by atoms with Crippen LogP contribution in [0.15, 0.2) is 0 Å². The van der Waals surface area contributed by atoms with Gasteiger partial charge in [-0.15, -0.1) is 12.4 Å². The van der Waals surface area contributed by atoms with E-state index in [1.54, 1.807) is 11.8 Å². The van der Waals surface area contributed by atoms with Crippen LogP contribution in [0.2, 0.25) is 0 Å². The van der Waals surface area contributed by atoms with E-state index in [4.69, 9.17) is 0 Å². The Labute approximate surface area is 127 Å². The van der Waals surface area contributed by atoms with Crippen LogP contribution < -0.4 is 5.32 Å². The Bertz CT molecular complexity index is 324. The summed E-state index contributed by atoms with van der Waals surface area (Å²) in [6.07, 6.45) is -3.27. The average Bonchev–Trinajstić information content (AvgIpc) is 2.39. The molecule has 0 saturated carbocycles. The number of nitrogens with one attached hydrogen (secondary N) is 1. The molecule has 0 aromatic carbocycles. The third-order valence-electron chi connectivity index (χ3n) is 3.66. The summed E-state index contributed by atoms with van der Waals surface area (Å²) < 4.78 is 38.0. The van der Waals surface area contributed by atoms with E-state index in [1.807, 2.05) is 0 Å². The van der Waals surface area contributed by atoms with Gasteiger partial charge >= 0.3 is 6.18 Å². The Morgan fingerprint density at radius 3 is 2.75 bits per heavy atom. The van der Waals surface area contributed by atoms with Crippen molar-refractivity contribution >= 4 is 30.1 Å². The predicted octanol–water partition coefficient (Wildman–Crippen LogP) is 2.30. The van der Waals surface area contributed by atoms with Gasteiger partial charge in [0.15, 0.2) is 0 Å². The molecule has 0 aromatic heterocycles. The number of amides is 1. The number of thioether (sulfide) groups is 1. The molecule has 1 amide bonds. The van der Waals surface area contributed by atoms with Gasteiger partial charge in [0.05, 0.1) is 5.92 Å². The Balaban J connectivity index is 0.00000200. The fraction of sp³-hybridized carbons (Fsp3) is 0.917. The van der Waals surface area contributed by atoms with E-state index < -0.39 is 12.1 Å². The minimum Gasteiger partial charge on any atom is -0.342 e. The number of hydrogen-bond acceptors (Lipinski definition) is 3. The summed E-state index contributed by atoms with van der Waals surface area (Å²) in [5, 5.41) is 3.24. The lowest BCUT2D eigenvalue weighted by molar-refractivity contribution is -0.188. The zero-order valence-corrected chi connectivity index (χ0v) is 12.8. The van der Waals surface area contributed by atoms with Crippen molar-refractivity contribution in [3.05, 3.63) is 0 Å². The summed E-state index contributed by atoms with van der Waals surface area (Å²) in [4.78, 5) is 13.4. The number of piperidine rings is 1. The van der Waals surface area contributed by atoms with Gasteiger partial charge in [-0.1, -0.05) is 0 Å². The van der Waals surface area contributed by atoms with Crippen molar-refractivity contribution in [1.29, 1.82) is 0 Å². The van der Waals surface area contributed by atoms with Crippen molar-refractivity contribution in [1.82, 2.24) is 10.2 Å². The summed E-state index contributed by atoms with van der Waals surface area (Å²) in [5.41, 5.74) is 0. The van der Waals surface area contributed by atoms with E-state index in [0.29, 0.717) is 19.4 Å². The van der Waals surface area contributed by atoms with Crippen LogP contribution in [0.3, 0.4) is 0 Å². The first-order valence-electron chi connectivity index (χ1n) is 6.62. The Hall–Kier alpha value is -0.140. The summed E-state index contributed by atoms with van der Waals surface area (Å²) >= 11 is 1.78. The van der Waals surface area contributed by atoms with Crippen molar-refractivity contribution < 1.29 is 18.0 Å². The molecule has 0 bridgehead atoms. The molecule has 2 heterocycles. The largest absolute Gasteiger partial charge is 0.393 e. The highest BCUT2D eigenvalue weighted by Crippen LogP contribution is 2.33. The molecule has 2 rings (SSSR count). The second-order valence-corrected chi connectivity index (χ2v) is 6.30. The van der Waals surface area contributed by atoms with Crippen LogP contribution in [0.25, 0.3) is 0 Å². The number of halogens is 4. The molecule has 2 aliphatic rings. The van der Waals surface area contributed by atoms with Crippen molar-refractivity contribution in [2.24, 2.45) is 5.92 Å². The van der Waals surface area contributed by atoms with E-state index in [-0.39, 0.29) is 37.3 Å². The summed E-state index contributed by atoms with van der Waals surface area (Å²) in [7, 11) is 0. The minimum absolute atomic E-state index is 0. The predicted molar refractivity (Wildman–Crippen MR) is 76.3 cm³/mol. The van der Waals surface area contributed by atoms with Crippen molar-refractivity contribution in [3.63, 3.8) is 0 Å². The van der Waals surface area contributed by atoms with E-state index in [0.717, 1.165) is 18.1 Å². The first kappa shape index (κ1) is 17.9. The van der Waals surface area contributed by atoms with Crippen LogP contribution in [-0.4, -0.2) is 54.2 Å². The number of likely N-dealkylation sites (tertiary alicyclic amines) is 1. The minimum atomic E-state index is -4.18. The fourth-order valence-corrected chi connectivity index (χ4v) is 3.51. The van der Waals surface area contributed by atoms with Gasteiger partial charge in [-0.25, -0.2) is 0 Å². The number of carbonyl (C=O) groups is 1. The van der Waals surface area contributed by atoms with Crippen LogP contribution in [0.4, 0.5) is 13.2 Å². The molecule has 1 N–H and O–H groups in total. The highest BCUT2D eigenvalue weighted by Gasteiger charge is 2.42. The highest BCUT2D eigenvalue weighted by atomic mass is 35.5. The molecule has 2 saturated heterocycles. The molecule has 0 aliphatic carbocycles. The van der Waals surface area contributed by atoms with Gasteiger partial charge < -0.3 is 10.2 Å². The van der Waals surface area contributed by atoms with Crippen molar-refractivity contribution in [2.45, 2.75) is 31.5 Å². The van der Waals surface area contributed by atoms with Gasteiger partial charge in [0, 0.05) is 43.6 Å². The molecule has 0 spiro atoms. The van der Waals surface area contributed by atoms with E-state index >= 15 is 0 Å². The molecular weight excluding hydrogens is 313 g/mol. The zero-order valence-electron chi connectivity index (χ0n) is 11.1. The Morgan fingerprint density at radius 2 is 2.15 bits per heavy atom. The first-order valence-corrected chi connectivity index (χ1v) is 7.78.